The predicted molar refractivity (Wildman–Crippen MR) is 327 cm³/mol. The molecule has 0 aromatic heterocycles. The number of carboxylic acid groups (broad SMARTS) is 1. The molecule has 9 nitrogen and oxygen atoms in total. The van der Waals surface area contributed by atoms with Crippen LogP contribution in [0.1, 0.15) is 232 Å². The van der Waals surface area contributed by atoms with Crippen LogP contribution in [0.3, 0.4) is 0 Å². The highest BCUT2D eigenvalue weighted by molar-refractivity contribution is 5.71. The number of nitrogens with zero attached hydrogens (tertiary/aromatic N) is 1. The van der Waals surface area contributed by atoms with E-state index in [1.807, 2.05) is 21.1 Å². The highest BCUT2D eigenvalue weighted by Crippen LogP contribution is 2.15. The van der Waals surface area contributed by atoms with Crippen molar-refractivity contribution in [2.24, 2.45) is 0 Å². The van der Waals surface area contributed by atoms with Crippen LogP contribution < -0.4 is 0 Å². The number of hydrogen-bond acceptors (Lipinski definition) is 7. The van der Waals surface area contributed by atoms with Crippen molar-refractivity contribution in [2.45, 2.75) is 245 Å². The first kappa shape index (κ1) is 72.7. The Morgan fingerprint density at radius 3 is 1.12 bits per heavy atom. The van der Waals surface area contributed by atoms with Crippen LogP contribution in [0.2, 0.25) is 0 Å². The molecule has 0 saturated heterocycles. The maximum atomic E-state index is 12.9. The minimum atomic E-state index is -1.53. The zero-order valence-corrected chi connectivity index (χ0v) is 49.8. The zero-order valence-electron chi connectivity index (χ0n) is 49.8. The summed E-state index contributed by atoms with van der Waals surface area (Å²) in [7, 11) is 5.95. The van der Waals surface area contributed by atoms with Crippen molar-refractivity contribution in [3.8, 4) is 0 Å². The van der Waals surface area contributed by atoms with E-state index in [-0.39, 0.29) is 38.6 Å². The molecule has 0 saturated carbocycles. The Hall–Kier alpha value is -4.31. The van der Waals surface area contributed by atoms with Crippen LogP contribution in [-0.4, -0.2) is 87.4 Å². The number of hydrogen-bond donors (Lipinski definition) is 1. The Labute approximate surface area is 472 Å². The topological polar surface area (TPSA) is 108 Å². The van der Waals surface area contributed by atoms with Gasteiger partial charge in [0.25, 0.3) is 6.29 Å². The summed E-state index contributed by atoms with van der Waals surface area (Å²) >= 11 is 0. The van der Waals surface area contributed by atoms with Crippen molar-refractivity contribution in [3.05, 3.63) is 122 Å². The van der Waals surface area contributed by atoms with Crippen LogP contribution in [0.15, 0.2) is 122 Å². The number of aliphatic carboxylic acids is 1. The van der Waals surface area contributed by atoms with E-state index in [1.54, 1.807) is 0 Å². The number of carbonyl (C=O) groups is 3. The monoisotopic (exact) mass is 1070 g/mol. The molecule has 0 spiro atoms. The minimum Gasteiger partial charge on any atom is -0.477 e. The molecule has 0 amide bonds. The third-order valence-electron chi connectivity index (χ3n) is 12.7. The lowest BCUT2D eigenvalue weighted by molar-refractivity contribution is -0.870. The lowest BCUT2D eigenvalue weighted by atomic mass is 10.0. The van der Waals surface area contributed by atoms with Gasteiger partial charge in [0.2, 0.25) is 0 Å². The van der Waals surface area contributed by atoms with Crippen molar-refractivity contribution in [2.75, 3.05) is 47.5 Å². The van der Waals surface area contributed by atoms with Crippen LogP contribution in [-0.2, 0) is 33.3 Å². The lowest BCUT2D eigenvalue weighted by Gasteiger charge is -2.25. The summed E-state index contributed by atoms with van der Waals surface area (Å²) in [4.78, 5) is 37.5. The van der Waals surface area contributed by atoms with E-state index in [0.717, 1.165) is 96.3 Å². The van der Waals surface area contributed by atoms with Crippen molar-refractivity contribution >= 4 is 17.9 Å². The molecule has 2 atom stereocenters. The summed E-state index contributed by atoms with van der Waals surface area (Å²) < 4.78 is 22.9. The Morgan fingerprint density at radius 2 is 0.740 bits per heavy atom. The summed E-state index contributed by atoms with van der Waals surface area (Å²) in [6, 6.07) is 0. The molecule has 0 aromatic carbocycles. The SMILES string of the molecule is CC/C=C\C/C=C\C/C=C\C/C=C\C/C=C\C/C=C\C/C=C\CCCCCC(=O)OC(COC(=O)CCCCCCCCCCCCCC/C=C\C/C=C\C/C=C\CCCCCCC)COC(OCC[N+](C)(C)C)C(=O)O. The maximum absolute atomic E-state index is 12.9. The fourth-order valence-electron chi connectivity index (χ4n) is 8.00. The van der Waals surface area contributed by atoms with E-state index in [1.165, 1.54) is 103 Å². The number of ether oxygens (including phenoxy) is 4. The van der Waals surface area contributed by atoms with Crippen LogP contribution >= 0.6 is 0 Å². The fourth-order valence-corrected chi connectivity index (χ4v) is 8.00. The Kier molecular flexibility index (Phi) is 54.6. The number of unbranched alkanes of at least 4 members (excludes halogenated alkanes) is 20. The molecule has 0 aliphatic rings. The van der Waals surface area contributed by atoms with E-state index in [4.69, 9.17) is 18.9 Å². The Balaban J connectivity index is 4.31. The maximum Gasteiger partial charge on any atom is 0.361 e. The number of carboxylic acids is 1. The molecular weight excluding hydrogens is 959 g/mol. The van der Waals surface area contributed by atoms with E-state index in [2.05, 4.69) is 135 Å². The van der Waals surface area contributed by atoms with Gasteiger partial charge in [-0.15, -0.1) is 0 Å². The van der Waals surface area contributed by atoms with E-state index < -0.39 is 24.3 Å². The van der Waals surface area contributed by atoms with Gasteiger partial charge in [0.1, 0.15) is 13.2 Å². The molecule has 9 heteroatoms. The van der Waals surface area contributed by atoms with Gasteiger partial charge in [-0.1, -0.05) is 232 Å². The molecule has 0 bridgehead atoms. The molecule has 0 aliphatic heterocycles. The number of carbonyl (C=O) groups excluding carboxylic acids is 2. The average Bonchev–Trinajstić information content (AvgIpc) is 3.40. The van der Waals surface area contributed by atoms with E-state index >= 15 is 0 Å². The molecule has 0 aliphatic carbocycles. The molecule has 0 aromatic rings. The summed E-state index contributed by atoms with van der Waals surface area (Å²) in [6.07, 6.45) is 78.5. The summed E-state index contributed by atoms with van der Waals surface area (Å²) in [5, 5.41) is 9.72. The molecule has 0 fully saturated rings. The predicted octanol–water partition coefficient (Wildman–Crippen LogP) is 18.5. The molecule has 438 valence electrons. The van der Waals surface area contributed by atoms with Crippen LogP contribution in [0, 0.1) is 0 Å². The molecule has 1 N–H and O–H groups in total. The van der Waals surface area contributed by atoms with Gasteiger partial charge < -0.3 is 28.5 Å². The van der Waals surface area contributed by atoms with Gasteiger partial charge in [0.05, 0.1) is 34.4 Å². The number of quaternary nitrogens is 1. The molecule has 77 heavy (non-hydrogen) atoms. The minimum absolute atomic E-state index is 0.174. The second-order valence-corrected chi connectivity index (χ2v) is 21.3. The molecular formula is C68H114NO8+. The molecule has 0 rings (SSSR count). The highest BCUT2D eigenvalue weighted by atomic mass is 16.7. The average molecular weight is 1070 g/mol. The fraction of sp³-hybridized carbons (Fsp3) is 0.662. The van der Waals surface area contributed by atoms with Gasteiger partial charge in [0, 0.05) is 12.8 Å². The first-order valence-electron chi connectivity index (χ1n) is 30.7. The first-order chi connectivity index (χ1) is 37.6. The number of allylic oxidation sites excluding steroid dienone is 20. The second-order valence-electron chi connectivity index (χ2n) is 21.3. The normalized spacial score (nSPS) is 13.6. The third-order valence-corrected chi connectivity index (χ3v) is 12.7. The summed E-state index contributed by atoms with van der Waals surface area (Å²) in [5.41, 5.74) is 0. The Bertz CT molecular complexity index is 1670. The number of rotatable bonds is 55. The van der Waals surface area contributed by atoms with E-state index in [9.17, 15) is 19.5 Å². The highest BCUT2D eigenvalue weighted by Gasteiger charge is 2.25. The van der Waals surface area contributed by atoms with Crippen molar-refractivity contribution in [3.63, 3.8) is 0 Å². The van der Waals surface area contributed by atoms with Gasteiger partial charge in [-0.05, 0) is 109 Å². The molecule has 0 radical (unpaired) electrons. The standard InChI is InChI=1S/C68H113NO8/c1-6-8-10-12-14-16-18-20-22-24-26-28-30-32-33-35-36-38-40-42-44-46-48-50-52-54-56-58-65(70)75-62-64(63-76-68(67(72)73)74-61-60-69(3,4)5)77-66(71)59-57-55-53-51-49-47-45-43-41-39-37-34-31-29-27-25-23-21-19-17-15-13-11-9-7-2/h9,11,15,17-18,20-21,23-24,26-27,29-30,32,34,37,41,43,47,49,64,68H,6-8,10,12-14,16,19,22,25,28,31,33,35-36,38-40,42,44-46,48,50-63H2,1-5H3/p+1/b11-9-,17-15-,20-18-,23-21-,26-24-,29-27-,32-30-,37-34-,43-41-,49-47-. The third kappa shape index (κ3) is 59.2. The van der Waals surface area contributed by atoms with Gasteiger partial charge in [0.15, 0.2) is 6.10 Å². The lowest BCUT2D eigenvalue weighted by Crippen LogP contribution is -2.40. The Morgan fingerprint density at radius 1 is 0.403 bits per heavy atom. The number of likely N-dealkylation sites (N-methyl/N-ethyl adjacent to an activating group) is 1. The van der Waals surface area contributed by atoms with Gasteiger partial charge in [-0.3, -0.25) is 9.59 Å². The summed E-state index contributed by atoms with van der Waals surface area (Å²) in [5.74, 6) is -2.06. The van der Waals surface area contributed by atoms with Gasteiger partial charge >= 0.3 is 17.9 Å². The smallest absolute Gasteiger partial charge is 0.361 e. The van der Waals surface area contributed by atoms with Gasteiger partial charge in [-0.2, -0.15) is 0 Å². The summed E-state index contributed by atoms with van der Waals surface area (Å²) in [6.45, 7) is 4.70. The number of esters is 2. The van der Waals surface area contributed by atoms with Crippen molar-refractivity contribution in [1.82, 2.24) is 0 Å². The zero-order chi connectivity index (χ0) is 56.2. The van der Waals surface area contributed by atoms with Crippen molar-refractivity contribution < 1.29 is 42.9 Å². The van der Waals surface area contributed by atoms with Crippen molar-refractivity contribution in [1.29, 1.82) is 0 Å². The van der Waals surface area contributed by atoms with Crippen LogP contribution in [0.4, 0.5) is 0 Å². The second kappa shape index (κ2) is 57.9. The van der Waals surface area contributed by atoms with Crippen LogP contribution in [0.5, 0.6) is 0 Å². The largest absolute Gasteiger partial charge is 0.477 e. The quantitative estimate of drug-likeness (QED) is 0.0211. The van der Waals surface area contributed by atoms with Gasteiger partial charge in [-0.25, -0.2) is 4.79 Å². The van der Waals surface area contributed by atoms with Crippen LogP contribution in [0.25, 0.3) is 0 Å². The molecule has 0 heterocycles. The first-order valence-corrected chi connectivity index (χ1v) is 30.7. The van der Waals surface area contributed by atoms with E-state index in [0.29, 0.717) is 17.4 Å². The molecule has 2 unspecified atom stereocenters.